The molecule has 1 aromatic rings. The van der Waals surface area contributed by atoms with E-state index in [0.717, 1.165) is 24.8 Å². The van der Waals surface area contributed by atoms with E-state index >= 15 is 0 Å². The summed E-state index contributed by atoms with van der Waals surface area (Å²) >= 11 is 0. The fourth-order valence-corrected chi connectivity index (χ4v) is 2.48. The van der Waals surface area contributed by atoms with Crippen LogP contribution in [0.1, 0.15) is 30.4 Å². The molecule has 1 saturated carbocycles. The minimum Gasteiger partial charge on any atom is -0.392 e. The van der Waals surface area contributed by atoms with Crippen molar-refractivity contribution in [3.8, 4) is 0 Å². The lowest BCUT2D eigenvalue weighted by Crippen LogP contribution is -2.35. The highest BCUT2D eigenvalue weighted by Gasteiger charge is 2.24. The number of nitro benzene ring substituents is 1. The molecule has 2 atom stereocenters. The molecule has 0 aromatic heterocycles. The number of rotatable bonds is 4. The van der Waals surface area contributed by atoms with E-state index in [1.165, 1.54) is 6.07 Å². The lowest BCUT2D eigenvalue weighted by Gasteiger charge is -2.17. The third-order valence-electron chi connectivity index (χ3n) is 3.65. The second-order valence-corrected chi connectivity index (χ2v) is 4.80. The van der Waals surface area contributed by atoms with E-state index in [-0.39, 0.29) is 22.8 Å². The van der Waals surface area contributed by atoms with Gasteiger partial charge in [0.25, 0.3) is 5.69 Å². The molecule has 0 unspecified atom stereocenters. The highest BCUT2D eigenvalue weighted by Crippen LogP contribution is 2.23. The number of hydrogen-bond donors (Lipinski definition) is 2. The van der Waals surface area contributed by atoms with E-state index in [1.807, 2.05) is 6.07 Å². The van der Waals surface area contributed by atoms with Gasteiger partial charge < -0.3 is 10.4 Å². The zero-order chi connectivity index (χ0) is 13.1. The van der Waals surface area contributed by atoms with E-state index in [9.17, 15) is 15.2 Å². The second-order valence-electron chi connectivity index (χ2n) is 4.80. The topological polar surface area (TPSA) is 75.4 Å². The average Bonchev–Trinajstić information content (AvgIpc) is 2.73. The number of aliphatic hydroxyl groups is 1. The molecule has 0 bridgehead atoms. The van der Waals surface area contributed by atoms with Gasteiger partial charge in [-0.2, -0.15) is 0 Å². The molecule has 0 amide bonds. The maximum absolute atomic E-state index is 10.8. The summed E-state index contributed by atoms with van der Waals surface area (Å²) in [6.07, 6.45) is 2.55. The van der Waals surface area contributed by atoms with Crippen LogP contribution < -0.4 is 5.32 Å². The third kappa shape index (κ3) is 2.68. The van der Waals surface area contributed by atoms with Gasteiger partial charge in [0.2, 0.25) is 0 Å². The zero-order valence-corrected chi connectivity index (χ0v) is 10.4. The Morgan fingerprint density at radius 3 is 2.89 bits per heavy atom. The molecule has 2 N–H and O–H groups in total. The van der Waals surface area contributed by atoms with Crippen molar-refractivity contribution >= 4 is 5.69 Å². The molecule has 0 heterocycles. The van der Waals surface area contributed by atoms with Crippen molar-refractivity contribution in [3.63, 3.8) is 0 Å². The van der Waals surface area contributed by atoms with Crippen LogP contribution in [0.5, 0.6) is 0 Å². The van der Waals surface area contributed by atoms with Crippen LogP contribution in [0.15, 0.2) is 18.2 Å². The van der Waals surface area contributed by atoms with Crippen LogP contribution in [-0.2, 0) is 6.54 Å². The molecule has 5 nitrogen and oxygen atoms in total. The molecule has 0 spiro atoms. The molecule has 0 aliphatic heterocycles. The monoisotopic (exact) mass is 250 g/mol. The molecule has 1 aliphatic rings. The molecule has 5 heteroatoms. The minimum absolute atomic E-state index is 0.115. The van der Waals surface area contributed by atoms with Gasteiger partial charge in [0.15, 0.2) is 0 Å². The maximum atomic E-state index is 10.8. The number of benzene rings is 1. The largest absolute Gasteiger partial charge is 0.392 e. The summed E-state index contributed by atoms with van der Waals surface area (Å²) in [6.45, 7) is 2.33. The molecule has 1 fully saturated rings. The predicted molar refractivity (Wildman–Crippen MR) is 68.3 cm³/mol. The van der Waals surface area contributed by atoms with Crippen molar-refractivity contribution < 1.29 is 10.0 Å². The fraction of sp³-hybridized carbons (Fsp3) is 0.538. The Bertz CT molecular complexity index is 448. The van der Waals surface area contributed by atoms with Gasteiger partial charge in [0.1, 0.15) is 0 Å². The van der Waals surface area contributed by atoms with Gasteiger partial charge in [0, 0.05) is 24.2 Å². The fourth-order valence-electron chi connectivity index (χ4n) is 2.48. The van der Waals surface area contributed by atoms with Gasteiger partial charge >= 0.3 is 0 Å². The normalized spacial score (nSPS) is 23.2. The van der Waals surface area contributed by atoms with Crippen molar-refractivity contribution in [1.29, 1.82) is 0 Å². The van der Waals surface area contributed by atoms with Gasteiger partial charge in [-0.3, -0.25) is 10.1 Å². The first-order chi connectivity index (χ1) is 8.59. The number of hydrogen-bond acceptors (Lipinski definition) is 4. The van der Waals surface area contributed by atoms with E-state index in [4.69, 9.17) is 0 Å². The second kappa shape index (κ2) is 5.46. The summed E-state index contributed by atoms with van der Waals surface area (Å²) in [7, 11) is 0. The highest BCUT2D eigenvalue weighted by atomic mass is 16.6. The first kappa shape index (κ1) is 13.0. The molecule has 2 rings (SSSR count). The first-order valence-electron chi connectivity index (χ1n) is 6.24. The summed E-state index contributed by atoms with van der Waals surface area (Å²) < 4.78 is 0. The molecule has 98 valence electrons. The minimum atomic E-state index is -0.358. The standard InChI is InChI=1S/C13H18N2O3/c1-9-10(4-2-6-12(9)15(17)18)8-14-11-5-3-7-13(11)16/h2,4,6,11,13-14,16H,3,5,7-8H2,1H3/t11-,13-/m1/s1. The Kier molecular flexibility index (Phi) is 3.93. The van der Waals surface area contributed by atoms with Gasteiger partial charge in [0.05, 0.1) is 11.0 Å². The van der Waals surface area contributed by atoms with E-state index < -0.39 is 0 Å². The van der Waals surface area contributed by atoms with Crippen molar-refractivity contribution in [2.75, 3.05) is 0 Å². The van der Waals surface area contributed by atoms with Crippen LogP contribution in [0.25, 0.3) is 0 Å². The van der Waals surface area contributed by atoms with E-state index in [1.54, 1.807) is 13.0 Å². The van der Waals surface area contributed by atoms with Crippen molar-refractivity contribution in [3.05, 3.63) is 39.4 Å². The van der Waals surface area contributed by atoms with E-state index in [0.29, 0.717) is 12.1 Å². The van der Waals surface area contributed by atoms with E-state index in [2.05, 4.69) is 5.32 Å². The molecule has 0 saturated heterocycles. The summed E-state index contributed by atoms with van der Waals surface area (Å²) in [6, 6.07) is 5.22. The quantitative estimate of drug-likeness (QED) is 0.632. The van der Waals surface area contributed by atoms with Crippen LogP contribution >= 0.6 is 0 Å². The van der Waals surface area contributed by atoms with Crippen molar-refractivity contribution in [1.82, 2.24) is 5.32 Å². The van der Waals surface area contributed by atoms with Gasteiger partial charge in [-0.1, -0.05) is 12.1 Å². The molecule has 18 heavy (non-hydrogen) atoms. The molecule has 0 radical (unpaired) electrons. The molecular formula is C13H18N2O3. The summed E-state index contributed by atoms with van der Waals surface area (Å²) in [5, 5.41) is 23.8. The number of nitrogens with zero attached hydrogens (tertiary/aromatic N) is 1. The van der Waals surface area contributed by atoms with Gasteiger partial charge in [-0.25, -0.2) is 0 Å². The summed E-state index contributed by atoms with van der Waals surface area (Å²) in [5.74, 6) is 0. The number of aliphatic hydroxyl groups excluding tert-OH is 1. The first-order valence-corrected chi connectivity index (χ1v) is 6.24. The molecule has 1 aliphatic carbocycles. The van der Waals surface area contributed by atoms with Crippen molar-refractivity contribution in [2.45, 2.75) is 44.9 Å². The average molecular weight is 250 g/mol. The number of nitrogens with one attached hydrogen (secondary N) is 1. The highest BCUT2D eigenvalue weighted by molar-refractivity contribution is 5.44. The Hall–Kier alpha value is -1.46. The Balaban J connectivity index is 2.05. The summed E-state index contributed by atoms with van der Waals surface area (Å²) in [5.41, 5.74) is 1.77. The van der Waals surface area contributed by atoms with Crippen LogP contribution in [0, 0.1) is 17.0 Å². The molecule has 1 aromatic carbocycles. The molecular weight excluding hydrogens is 232 g/mol. The predicted octanol–water partition coefficient (Wildman–Crippen LogP) is 1.91. The maximum Gasteiger partial charge on any atom is 0.272 e. The number of nitro groups is 1. The lowest BCUT2D eigenvalue weighted by atomic mass is 10.1. The zero-order valence-electron chi connectivity index (χ0n) is 10.4. The van der Waals surface area contributed by atoms with Gasteiger partial charge in [-0.15, -0.1) is 0 Å². The smallest absolute Gasteiger partial charge is 0.272 e. The SMILES string of the molecule is Cc1c(CN[C@@H]2CCC[C@H]2O)cccc1[N+](=O)[O-]. The Morgan fingerprint density at radius 1 is 1.50 bits per heavy atom. The van der Waals surface area contributed by atoms with Crippen molar-refractivity contribution in [2.24, 2.45) is 0 Å². The summed E-state index contributed by atoms with van der Waals surface area (Å²) in [4.78, 5) is 10.5. The third-order valence-corrected chi connectivity index (χ3v) is 3.65. The van der Waals surface area contributed by atoms with Crippen LogP contribution in [-0.4, -0.2) is 22.2 Å². The van der Waals surface area contributed by atoms with Crippen LogP contribution in [0.3, 0.4) is 0 Å². The van der Waals surface area contributed by atoms with Gasteiger partial charge in [-0.05, 0) is 31.7 Å². The van der Waals surface area contributed by atoms with Crippen LogP contribution in [0.2, 0.25) is 0 Å². The lowest BCUT2D eigenvalue weighted by molar-refractivity contribution is -0.385. The Morgan fingerprint density at radius 2 is 2.28 bits per heavy atom. The Labute approximate surface area is 106 Å². The van der Waals surface area contributed by atoms with Crippen LogP contribution in [0.4, 0.5) is 5.69 Å².